The fourth-order valence-corrected chi connectivity index (χ4v) is 3.70. The summed E-state index contributed by atoms with van der Waals surface area (Å²) in [7, 11) is -3.63. The maximum absolute atomic E-state index is 12.3. The number of hydrogen-bond donors (Lipinski definition) is 2. The third-order valence-corrected chi connectivity index (χ3v) is 5.60. The van der Waals surface area contributed by atoms with Gasteiger partial charge in [-0.15, -0.1) is 12.4 Å². The normalized spacial score (nSPS) is 17.3. The average molecular weight is 364 g/mol. The quantitative estimate of drug-likeness (QED) is 0.859. The van der Waals surface area contributed by atoms with E-state index in [0.29, 0.717) is 6.54 Å². The van der Waals surface area contributed by atoms with Gasteiger partial charge in [0.25, 0.3) is 0 Å². The van der Waals surface area contributed by atoms with Gasteiger partial charge in [0.2, 0.25) is 10.0 Å². The minimum Gasteiger partial charge on any atom is -0.317 e. The van der Waals surface area contributed by atoms with Crippen LogP contribution in [0.4, 0.5) is 0 Å². The fraction of sp³-hybridized carbons (Fsp3) is 0.500. The molecule has 2 rings (SSSR count). The molecule has 0 saturated carbocycles. The van der Waals surface area contributed by atoms with E-state index in [4.69, 9.17) is 16.9 Å². The summed E-state index contributed by atoms with van der Waals surface area (Å²) in [5.74, 6) is 0. The predicted octanol–water partition coefficient (Wildman–Crippen LogP) is 2.30. The average Bonchev–Trinajstić information content (AvgIpc) is 2.46. The number of benzene rings is 1. The van der Waals surface area contributed by atoms with E-state index in [-0.39, 0.29) is 33.3 Å². The van der Waals surface area contributed by atoms with Crippen molar-refractivity contribution >= 4 is 34.0 Å². The van der Waals surface area contributed by atoms with Crippen LogP contribution in [0.15, 0.2) is 23.1 Å². The summed E-state index contributed by atoms with van der Waals surface area (Å²) in [5.41, 5.74) is 0.121. The molecule has 0 unspecified atom stereocenters. The first-order chi connectivity index (χ1) is 9.86. The van der Waals surface area contributed by atoms with Crippen molar-refractivity contribution in [3.8, 4) is 6.07 Å². The van der Waals surface area contributed by atoms with Gasteiger partial charge in [-0.3, -0.25) is 0 Å². The van der Waals surface area contributed by atoms with Gasteiger partial charge in [-0.1, -0.05) is 18.5 Å². The van der Waals surface area contributed by atoms with Gasteiger partial charge in [-0.05, 0) is 49.5 Å². The summed E-state index contributed by atoms with van der Waals surface area (Å²) in [6, 6.07) is 6.03. The SMILES string of the molecule is CC1(CNS(=O)(=O)c2ccc(Cl)c(C#N)c2)CCNCC1.Cl. The van der Waals surface area contributed by atoms with Crippen molar-refractivity contribution in [2.24, 2.45) is 5.41 Å². The molecule has 122 valence electrons. The van der Waals surface area contributed by atoms with Crippen LogP contribution in [0.25, 0.3) is 0 Å². The van der Waals surface area contributed by atoms with E-state index in [1.807, 2.05) is 6.07 Å². The van der Waals surface area contributed by atoms with Gasteiger partial charge in [-0.2, -0.15) is 5.26 Å². The van der Waals surface area contributed by atoms with Crippen molar-refractivity contribution in [3.63, 3.8) is 0 Å². The third-order valence-electron chi connectivity index (χ3n) is 3.87. The van der Waals surface area contributed by atoms with Gasteiger partial charge < -0.3 is 5.32 Å². The highest BCUT2D eigenvalue weighted by Gasteiger charge is 2.28. The van der Waals surface area contributed by atoms with Gasteiger partial charge >= 0.3 is 0 Å². The van der Waals surface area contributed by atoms with Crippen LogP contribution in [0.2, 0.25) is 5.02 Å². The summed E-state index contributed by atoms with van der Waals surface area (Å²) in [6.07, 6.45) is 1.86. The first kappa shape index (κ1) is 19.2. The molecule has 0 aromatic heterocycles. The van der Waals surface area contributed by atoms with Crippen molar-refractivity contribution in [2.45, 2.75) is 24.7 Å². The van der Waals surface area contributed by atoms with E-state index in [9.17, 15) is 8.42 Å². The zero-order chi connectivity index (χ0) is 15.5. The van der Waals surface area contributed by atoms with E-state index in [1.165, 1.54) is 18.2 Å². The molecular formula is C14H19Cl2N3O2S. The Kier molecular flexibility index (Phi) is 6.65. The Morgan fingerprint density at radius 2 is 2.05 bits per heavy atom. The molecule has 1 aliphatic heterocycles. The molecule has 0 bridgehead atoms. The Morgan fingerprint density at radius 3 is 2.64 bits per heavy atom. The lowest BCUT2D eigenvalue weighted by atomic mass is 9.81. The molecule has 1 fully saturated rings. The number of nitriles is 1. The number of sulfonamides is 1. The Hall–Kier alpha value is -0.840. The van der Waals surface area contributed by atoms with Crippen molar-refractivity contribution in [3.05, 3.63) is 28.8 Å². The molecule has 1 aromatic rings. The fourth-order valence-electron chi connectivity index (χ4n) is 2.32. The topological polar surface area (TPSA) is 82.0 Å². The number of rotatable bonds is 4. The number of nitrogens with zero attached hydrogens (tertiary/aromatic N) is 1. The van der Waals surface area contributed by atoms with Crippen LogP contribution >= 0.6 is 24.0 Å². The zero-order valence-electron chi connectivity index (χ0n) is 12.2. The van der Waals surface area contributed by atoms with E-state index in [2.05, 4.69) is 17.0 Å². The summed E-state index contributed by atoms with van der Waals surface area (Å²) in [6.45, 7) is 4.27. The number of nitrogens with one attached hydrogen (secondary N) is 2. The van der Waals surface area contributed by atoms with Gasteiger partial charge in [0, 0.05) is 6.54 Å². The van der Waals surface area contributed by atoms with Crippen molar-refractivity contribution in [1.29, 1.82) is 5.26 Å². The van der Waals surface area contributed by atoms with Crippen molar-refractivity contribution in [1.82, 2.24) is 10.0 Å². The summed E-state index contributed by atoms with van der Waals surface area (Å²) in [5, 5.41) is 12.4. The van der Waals surface area contributed by atoms with E-state index >= 15 is 0 Å². The first-order valence-corrected chi connectivity index (χ1v) is 8.62. The summed E-state index contributed by atoms with van der Waals surface area (Å²) >= 11 is 5.82. The molecule has 8 heteroatoms. The molecule has 5 nitrogen and oxygen atoms in total. The highest BCUT2D eigenvalue weighted by atomic mass is 35.5. The van der Waals surface area contributed by atoms with Crippen LogP contribution in [-0.2, 0) is 10.0 Å². The molecule has 0 amide bonds. The first-order valence-electron chi connectivity index (χ1n) is 6.76. The Morgan fingerprint density at radius 1 is 1.41 bits per heavy atom. The maximum atomic E-state index is 12.3. The predicted molar refractivity (Wildman–Crippen MR) is 88.8 cm³/mol. The van der Waals surface area contributed by atoms with Crippen molar-refractivity contribution in [2.75, 3.05) is 19.6 Å². The molecule has 0 spiro atoms. The van der Waals surface area contributed by atoms with Gasteiger partial charge in [0.1, 0.15) is 6.07 Å². The second kappa shape index (κ2) is 7.62. The number of halogens is 2. The van der Waals surface area contributed by atoms with E-state index in [0.717, 1.165) is 25.9 Å². The minimum absolute atomic E-state index is 0. The second-order valence-corrected chi connectivity index (χ2v) is 7.81. The summed E-state index contributed by atoms with van der Waals surface area (Å²) in [4.78, 5) is 0.0704. The Balaban J connectivity index is 0.00000242. The second-order valence-electron chi connectivity index (χ2n) is 5.64. The van der Waals surface area contributed by atoms with E-state index < -0.39 is 10.0 Å². The molecule has 1 aromatic carbocycles. The molecule has 0 radical (unpaired) electrons. The summed E-state index contributed by atoms with van der Waals surface area (Å²) < 4.78 is 27.3. The number of hydrogen-bond acceptors (Lipinski definition) is 4. The highest BCUT2D eigenvalue weighted by molar-refractivity contribution is 7.89. The van der Waals surface area contributed by atoms with Gasteiger partial charge in [0.15, 0.2) is 0 Å². The standard InChI is InChI=1S/C14H18ClN3O2S.ClH/c1-14(4-6-17-7-5-14)10-18-21(19,20)12-2-3-13(15)11(8-12)9-16;/h2-3,8,17-18H,4-7,10H2,1H3;1H. The van der Waals surface area contributed by atoms with Crippen LogP contribution in [0, 0.1) is 16.7 Å². The van der Waals surface area contributed by atoms with Crippen LogP contribution in [0.5, 0.6) is 0 Å². The molecule has 22 heavy (non-hydrogen) atoms. The van der Waals surface area contributed by atoms with Crippen LogP contribution < -0.4 is 10.0 Å². The molecule has 0 aliphatic carbocycles. The Labute approximate surface area is 142 Å². The molecular weight excluding hydrogens is 345 g/mol. The van der Waals surface area contributed by atoms with Gasteiger partial charge in [0.05, 0.1) is 15.5 Å². The maximum Gasteiger partial charge on any atom is 0.240 e. The Bertz CT molecular complexity index is 665. The van der Waals surface area contributed by atoms with Crippen LogP contribution in [-0.4, -0.2) is 28.1 Å². The van der Waals surface area contributed by atoms with Gasteiger partial charge in [-0.25, -0.2) is 13.1 Å². The van der Waals surface area contributed by atoms with Crippen LogP contribution in [0.1, 0.15) is 25.3 Å². The lowest BCUT2D eigenvalue weighted by molar-refractivity contribution is 0.232. The largest absolute Gasteiger partial charge is 0.317 e. The lowest BCUT2D eigenvalue weighted by Gasteiger charge is -2.34. The molecule has 2 N–H and O–H groups in total. The molecule has 1 heterocycles. The van der Waals surface area contributed by atoms with Crippen LogP contribution in [0.3, 0.4) is 0 Å². The highest BCUT2D eigenvalue weighted by Crippen LogP contribution is 2.27. The molecule has 0 atom stereocenters. The minimum atomic E-state index is -3.63. The monoisotopic (exact) mass is 363 g/mol. The molecule has 1 aliphatic rings. The lowest BCUT2D eigenvalue weighted by Crippen LogP contribution is -2.42. The smallest absolute Gasteiger partial charge is 0.240 e. The zero-order valence-corrected chi connectivity index (χ0v) is 14.6. The number of piperidine rings is 1. The third kappa shape index (κ3) is 4.58. The van der Waals surface area contributed by atoms with Crippen molar-refractivity contribution < 1.29 is 8.42 Å². The van der Waals surface area contributed by atoms with E-state index in [1.54, 1.807) is 0 Å². The molecule has 1 saturated heterocycles.